The molecule has 174 valence electrons. The van der Waals surface area contributed by atoms with E-state index in [1.807, 2.05) is 23.1 Å². The number of benzene rings is 2. The van der Waals surface area contributed by atoms with Crippen molar-refractivity contribution >= 4 is 40.2 Å². The summed E-state index contributed by atoms with van der Waals surface area (Å²) in [6.45, 7) is 3.85. The van der Waals surface area contributed by atoms with Crippen LogP contribution in [0.1, 0.15) is 11.1 Å². The van der Waals surface area contributed by atoms with Gasteiger partial charge in [-0.05, 0) is 42.0 Å². The summed E-state index contributed by atoms with van der Waals surface area (Å²) in [6.07, 6.45) is -1.72. The number of fused-ring (bicyclic) bond motifs is 2. The second-order valence-electron chi connectivity index (χ2n) is 7.78. The van der Waals surface area contributed by atoms with E-state index in [1.54, 1.807) is 24.4 Å². The zero-order valence-electron chi connectivity index (χ0n) is 17.6. The highest BCUT2D eigenvalue weighted by molar-refractivity contribution is 6.35. The van der Waals surface area contributed by atoms with E-state index in [0.717, 1.165) is 17.7 Å². The molecule has 0 saturated heterocycles. The smallest absolute Gasteiger partial charge is 0.416 e. The second-order valence-corrected chi connectivity index (χ2v) is 8.19. The van der Waals surface area contributed by atoms with Crippen molar-refractivity contribution in [3.8, 4) is 17.1 Å². The molecule has 2 aromatic carbocycles. The maximum Gasteiger partial charge on any atom is 0.416 e. The molecule has 0 amide bonds. The molecule has 34 heavy (non-hydrogen) atoms. The predicted octanol–water partition coefficient (Wildman–Crippen LogP) is 5.83. The van der Waals surface area contributed by atoms with Crippen molar-refractivity contribution in [3.63, 3.8) is 0 Å². The van der Waals surface area contributed by atoms with E-state index < -0.39 is 17.8 Å². The van der Waals surface area contributed by atoms with Crippen molar-refractivity contribution in [1.82, 2.24) is 15.0 Å². The number of H-pyrrole nitrogens is 1. The molecule has 4 aromatic rings. The second kappa shape index (κ2) is 8.34. The zero-order chi connectivity index (χ0) is 24.0. The van der Waals surface area contributed by atoms with Crippen LogP contribution in [0.15, 0.2) is 55.2 Å². The lowest BCUT2D eigenvalue weighted by Crippen LogP contribution is -2.40. The number of nitrogens with one attached hydrogen (secondary N) is 1. The summed E-state index contributed by atoms with van der Waals surface area (Å²) < 4.78 is 45.8. The fraction of sp³-hybridized carbons (Fsp3) is 0.167. The van der Waals surface area contributed by atoms with E-state index in [0.29, 0.717) is 35.2 Å². The first-order valence-electron chi connectivity index (χ1n) is 10.3. The number of pyridine rings is 1. The van der Waals surface area contributed by atoms with Gasteiger partial charge in [0, 0.05) is 6.20 Å². The Kier molecular flexibility index (Phi) is 5.45. The van der Waals surface area contributed by atoms with E-state index in [1.165, 1.54) is 0 Å². The van der Waals surface area contributed by atoms with Gasteiger partial charge in [-0.15, -0.1) is 0 Å². The van der Waals surface area contributed by atoms with Crippen molar-refractivity contribution < 1.29 is 23.0 Å². The van der Waals surface area contributed by atoms with Gasteiger partial charge in [-0.1, -0.05) is 30.3 Å². The van der Waals surface area contributed by atoms with Crippen molar-refractivity contribution in [2.75, 3.05) is 18.1 Å². The van der Waals surface area contributed by atoms with Crippen LogP contribution >= 0.6 is 11.6 Å². The molecule has 0 spiro atoms. The molecule has 5 rings (SSSR count). The number of imidazole rings is 1. The van der Waals surface area contributed by atoms with E-state index in [4.69, 9.17) is 16.3 Å². The maximum atomic E-state index is 13.2. The lowest BCUT2D eigenvalue weighted by molar-refractivity contribution is -0.137. The minimum atomic E-state index is -4.54. The van der Waals surface area contributed by atoms with Crippen molar-refractivity contribution in [2.45, 2.75) is 12.3 Å². The van der Waals surface area contributed by atoms with E-state index in [-0.39, 0.29) is 22.7 Å². The Morgan fingerprint density at radius 3 is 2.76 bits per heavy atom. The molecule has 6 nitrogen and oxygen atoms in total. The lowest BCUT2D eigenvalue weighted by Gasteiger charge is -2.35. The van der Waals surface area contributed by atoms with Crippen LogP contribution < -0.4 is 9.64 Å². The number of para-hydroxylation sites is 1. The Balaban J connectivity index is 1.64. The first-order chi connectivity index (χ1) is 16.3. The minimum absolute atomic E-state index is 0.112. The molecule has 1 aliphatic heterocycles. The highest BCUT2D eigenvalue weighted by Crippen LogP contribution is 2.44. The monoisotopic (exact) mass is 486 g/mol. The van der Waals surface area contributed by atoms with Gasteiger partial charge >= 0.3 is 6.18 Å². The highest BCUT2D eigenvalue weighted by atomic mass is 35.5. The number of aliphatic hydroxyl groups excluding tert-OH is 1. The van der Waals surface area contributed by atoms with Gasteiger partial charge in [-0.3, -0.25) is 0 Å². The number of rotatable bonds is 4. The number of hydrogen-bond acceptors (Lipinski definition) is 5. The molecule has 2 N–H and O–H groups in total. The fourth-order valence-corrected chi connectivity index (χ4v) is 4.17. The summed E-state index contributed by atoms with van der Waals surface area (Å²) in [5, 5.41) is 9.74. The SMILES string of the molecule is C=Cc1ccc(N2C[C@@H](CO)Oc3c(-c4nc5c(Cl)cc(C(F)(F)F)cc5[nH]4)cccc32)nc1. The van der Waals surface area contributed by atoms with E-state index >= 15 is 0 Å². The first-order valence-corrected chi connectivity index (χ1v) is 10.7. The Hall–Kier alpha value is -3.56. The van der Waals surface area contributed by atoms with Crippen molar-refractivity contribution in [2.24, 2.45) is 0 Å². The summed E-state index contributed by atoms with van der Waals surface area (Å²) >= 11 is 6.12. The first kappa shape index (κ1) is 22.2. The number of nitrogens with zero attached hydrogens (tertiary/aromatic N) is 3. The third kappa shape index (κ3) is 3.86. The van der Waals surface area contributed by atoms with E-state index in [9.17, 15) is 18.3 Å². The number of ether oxygens (including phenoxy) is 1. The zero-order valence-corrected chi connectivity index (χ0v) is 18.4. The molecular weight excluding hydrogens is 469 g/mol. The molecule has 0 fully saturated rings. The van der Waals surface area contributed by atoms with Crippen LogP contribution in [-0.4, -0.2) is 39.3 Å². The van der Waals surface area contributed by atoms with Crippen LogP contribution in [0.25, 0.3) is 28.5 Å². The number of aromatic amines is 1. The number of alkyl halides is 3. The fourth-order valence-electron chi connectivity index (χ4n) is 3.91. The third-order valence-corrected chi connectivity index (χ3v) is 5.85. The molecule has 0 saturated carbocycles. The predicted molar refractivity (Wildman–Crippen MR) is 124 cm³/mol. The van der Waals surface area contributed by atoms with Crippen LogP contribution in [0.2, 0.25) is 5.02 Å². The van der Waals surface area contributed by atoms with Crippen LogP contribution in [0.5, 0.6) is 5.75 Å². The summed E-state index contributed by atoms with van der Waals surface area (Å²) in [7, 11) is 0. The number of halogens is 4. The lowest BCUT2D eigenvalue weighted by atomic mass is 10.1. The maximum absolute atomic E-state index is 13.2. The van der Waals surface area contributed by atoms with Crippen LogP contribution in [0.3, 0.4) is 0 Å². The molecule has 2 aromatic heterocycles. The number of anilines is 2. The van der Waals surface area contributed by atoms with Crippen LogP contribution in [0, 0.1) is 0 Å². The van der Waals surface area contributed by atoms with Gasteiger partial charge in [-0.2, -0.15) is 13.2 Å². The van der Waals surface area contributed by atoms with Gasteiger partial charge in [-0.25, -0.2) is 9.97 Å². The topological polar surface area (TPSA) is 74.3 Å². The summed E-state index contributed by atoms with van der Waals surface area (Å²) in [6, 6.07) is 10.9. The number of aromatic nitrogens is 3. The largest absolute Gasteiger partial charge is 0.483 e. The van der Waals surface area contributed by atoms with Crippen molar-refractivity contribution in [1.29, 1.82) is 0 Å². The molecule has 0 radical (unpaired) electrons. The summed E-state index contributed by atoms with van der Waals surface area (Å²) in [5.74, 6) is 1.36. The normalized spacial score (nSPS) is 15.8. The van der Waals surface area contributed by atoms with Gasteiger partial charge in [0.05, 0.1) is 40.5 Å². The van der Waals surface area contributed by atoms with Gasteiger partial charge < -0.3 is 19.7 Å². The Labute approximate surface area is 197 Å². The van der Waals surface area contributed by atoms with Crippen LogP contribution in [-0.2, 0) is 6.18 Å². The van der Waals surface area contributed by atoms with Crippen LogP contribution in [0.4, 0.5) is 24.7 Å². The molecule has 10 heteroatoms. The molecule has 0 aliphatic carbocycles. The number of aliphatic hydroxyl groups is 1. The van der Waals surface area contributed by atoms with Gasteiger partial charge in [0.15, 0.2) is 5.75 Å². The van der Waals surface area contributed by atoms with Gasteiger partial charge in [0.2, 0.25) is 0 Å². The number of hydrogen-bond donors (Lipinski definition) is 2. The summed E-state index contributed by atoms with van der Waals surface area (Å²) in [5.41, 5.74) is 1.57. The quantitative estimate of drug-likeness (QED) is 0.379. The standard InChI is InChI=1S/C24H18ClF3N4O2/c1-2-13-6-7-20(29-10-13)32-11-15(12-33)34-22-16(4-3-5-19(22)32)23-30-18-9-14(24(26,27)28)8-17(25)21(18)31-23/h2-10,15,33H,1,11-12H2,(H,30,31)/t15-/m0/s1. The van der Waals surface area contributed by atoms with Crippen molar-refractivity contribution in [3.05, 3.63) is 71.4 Å². The molecule has 1 atom stereocenters. The molecule has 0 bridgehead atoms. The average Bonchev–Trinajstić information content (AvgIpc) is 3.27. The van der Waals surface area contributed by atoms with Gasteiger partial charge in [0.25, 0.3) is 0 Å². The molecular formula is C24H18ClF3N4O2. The average molecular weight is 487 g/mol. The third-order valence-electron chi connectivity index (χ3n) is 5.56. The Bertz CT molecular complexity index is 1390. The van der Waals surface area contributed by atoms with E-state index in [2.05, 4.69) is 21.5 Å². The molecule has 3 heterocycles. The highest BCUT2D eigenvalue weighted by Gasteiger charge is 2.33. The minimum Gasteiger partial charge on any atom is -0.483 e. The Morgan fingerprint density at radius 1 is 1.26 bits per heavy atom. The molecule has 1 aliphatic rings. The Morgan fingerprint density at radius 2 is 2.09 bits per heavy atom. The summed E-state index contributed by atoms with van der Waals surface area (Å²) in [4.78, 5) is 13.8. The molecule has 0 unspecified atom stereocenters. The van der Waals surface area contributed by atoms with Gasteiger partial charge in [0.1, 0.15) is 23.3 Å².